The Morgan fingerprint density at radius 2 is 1.36 bits per heavy atom. The molecule has 0 rings (SSSR count). The molecule has 3 N–H and O–H groups in total. The number of carbonyl (C=O) groups is 2. The number of hydrogen-bond donors (Lipinski definition) is 3. The first-order chi connectivity index (χ1) is 13.0. The van der Waals surface area contributed by atoms with Gasteiger partial charge in [-0.15, -0.1) is 0 Å². The van der Waals surface area contributed by atoms with E-state index in [1.54, 1.807) is 0 Å². The number of rotatable bonds is 17. The van der Waals surface area contributed by atoms with Crippen molar-refractivity contribution in [3.05, 3.63) is 0 Å². The van der Waals surface area contributed by atoms with Gasteiger partial charge < -0.3 is 24.5 Å². The van der Waals surface area contributed by atoms with E-state index < -0.39 is 24.1 Å². The fourth-order valence-corrected chi connectivity index (χ4v) is 3.18. The van der Waals surface area contributed by atoms with Crippen LogP contribution < -0.4 is 0 Å². The average Bonchev–Trinajstić information content (AvgIpc) is 2.50. The second-order valence-electron chi connectivity index (χ2n) is 8.94. The fourth-order valence-electron chi connectivity index (χ4n) is 3.18. The van der Waals surface area contributed by atoms with Gasteiger partial charge in [-0.25, -0.2) is 0 Å². The first kappa shape index (κ1) is 26.8. The van der Waals surface area contributed by atoms with Crippen LogP contribution in [-0.2, 0) is 14.3 Å². The highest BCUT2D eigenvalue weighted by Crippen LogP contribution is 2.14. The minimum absolute atomic E-state index is 0.0907. The van der Waals surface area contributed by atoms with Crippen LogP contribution in [0.25, 0.3) is 0 Å². The van der Waals surface area contributed by atoms with Crippen LogP contribution in [-0.4, -0.2) is 77.7 Å². The number of esters is 1. The third kappa shape index (κ3) is 18.2. The standard InChI is InChI=1S/C21H41NO6/c1-17(23)12-10-8-6-5-7-9-11-13-18(24)14-21(27)28-19(15-20(25)26)16-22(2,3)4/h17-19,23-24H,5-16H2,1-4H3/p+1. The van der Waals surface area contributed by atoms with Crippen molar-refractivity contribution in [1.29, 1.82) is 0 Å². The van der Waals surface area contributed by atoms with E-state index in [1.165, 1.54) is 6.42 Å². The Morgan fingerprint density at radius 1 is 0.857 bits per heavy atom. The number of hydrogen-bond acceptors (Lipinski definition) is 5. The molecule has 0 spiro atoms. The predicted octanol–water partition coefficient (Wildman–Crippen LogP) is 2.72. The molecule has 0 radical (unpaired) electrons. The molecule has 0 aliphatic carbocycles. The Labute approximate surface area is 170 Å². The summed E-state index contributed by atoms with van der Waals surface area (Å²) in [5.74, 6) is -1.54. The first-order valence-electron chi connectivity index (χ1n) is 10.6. The fraction of sp³-hybridized carbons (Fsp3) is 0.905. The molecule has 0 aliphatic heterocycles. The molecule has 28 heavy (non-hydrogen) atoms. The number of unbranched alkanes of at least 4 members (excludes halogenated alkanes) is 6. The molecule has 0 aromatic rings. The van der Waals surface area contributed by atoms with E-state index in [1.807, 2.05) is 28.1 Å². The predicted molar refractivity (Wildman–Crippen MR) is 109 cm³/mol. The van der Waals surface area contributed by atoms with Crippen LogP contribution in [0.15, 0.2) is 0 Å². The summed E-state index contributed by atoms with van der Waals surface area (Å²) in [5.41, 5.74) is 0. The third-order valence-corrected chi connectivity index (χ3v) is 4.51. The minimum atomic E-state index is -1.00. The molecule has 3 unspecified atom stereocenters. The second kappa shape index (κ2) is 14.8. The van der Waals surface area contributed by atoms with E-state index in [0.717, 1.165) is 44.9 Å². The van der Waals surface area contributed by atoms with Crippen LogP contribution in [0.2, 0.25) is 0 Å². The summed E-state index contributed by atoms with van der Waals surface area (Å²) in [7, 11) is 5.72. The van der Waals surface area contributed by atoms with Gasteiger partial charge >= 0.3 is 11.9 Å². The molecule has 0 aromatic carbocycles. The van der Waals surface area contributed by atoms with Crippen LogP contribution in [0.4, 0.5) is 0 Å². The lowest BCUT2D eigenvalue weighted by atomic mass is 10.0. The normalized spacial score (nSPS) is 15.1. The molecule has 0 heterocycles. The van der Waals surface area contributed by atoms with Crippen molar-refractivity contribution in [2.24, 2.45) is 0 Å². The van der Waals surface area contributed by atoms with Gasteiger partial charge in [0.05, 0.1) is 46.2 Å². The van der Waals surface area contributed by atoms with Gasteiger partial charge in [-0.1, -0.05) is 44.9 Å². The smallest absolute Gasteiger partial charge is 0.308 e. The van der Waals surface area contributed by atoms with E-state index in [9.17, 15) is 19.8 Å². The number of aliphatic hydroxyl groups excluding tert-OH is 2. The molecule has 0 bridgehead atoms. The molecular weight excluding hydrogens is 362 g/mol. The highest BCUT2D eigenvalue weighted by Gasteiger charge is 2.25. The molecule has 0 saturated heterocycles. The molecule has 7 nitrogen and oxygen atoms in total. The highest BCUT2D eigenvalue weighted by molar-refractivity contribution is 5.71. The third-order valence-electron chi connectivity index (χ3n) is 4.51. The maximum absolute atomic E-state index is 12.0. The maximum atomic E-state index is 12.0. The van der Waals surface area contributed by atoms with Gasteiger partial charge in [0, 0.05) is 0 Å². The largest absolute Gasteiger partial charge is 0.481 e. The lowest BCUT2D eigenvalue weighted by molar-refractivity contribution is -0.873. The van der Waals surface area contributed by atoms with Crippen LogP contribution >= 0.6 is 0 Å². The second-order valence-corrected chi connectivity index (χ2v) is 8.94. The zero-order valence-electron chi connectivity index (χ0n) is 18.2. The summed E-state index contributed by atoms with van der Waals surface area (Å²) in [6.45, 7) is 2.22. The SMILES string of the molecule is CC(O)CCCCCCCCCC(O)CC(=O)OC(CC(=O)O)C[N+](C)(C)C. The van der Waals surface area contributed by atoms with Gasteiger partial charge in [-0.05, 0) is 19.8 Å². The molecular formula is C21H42NO6+. The van der Waals surface area contributed by atoms with Gasteiger partial charge in [0.25, 0.3) is 0 Å². The van der Waals surface area contributed by atoms with Crippen molar-refractivity contribution in [3.8, 4) is 0 Å². The Hall–Kier alpha value is -1.18. The summed E-state index contributed by atoms with van der Waals surface area (Å²) in [5, 5.41) is 28.2. The molecule has 3 atom stereocenters. The molecule has 7 heteroatoms. The lowest BCUT2D eigenvalue weighted by Gasteiger charge is -2.28. The van der Waals surface area contributed by atoms with Crippen LogP contribution in [0, 0.1) is 0 Å². The number of carboxylic acids is 1. The Bertz CT molecular complexity index is 433. The number of aliphatic hydroxyl groups is 2. The van der Waals surface area contributed by atoms with Gasteiger partial charge in [0.15, 0.2) is 6.10 Å². The van der Waals surface area contributed by atoms with Crippen LogP contribution in [0.1, 0.15) is 77.6 Å². The zero-order valence-corrected chi connectivity index (χ0v) is 18.2. The summed E-state index contributed by atoms with van der Waals surface area (Å²) in [6.07, 6.45) is 6.97. The van der Waals surface area contributed by atoms with E-state index >= 15 is 0 Å². The van der Waals surface area contributed by atoms with Gasteiger partial charge in [0.1, 0.15) is 6.54 Å². The van der Waals surface area contributed by atoms with Gasteiger partial charge in [0.2, 0.25) is 0 Å². The molecule has 0 saturated carbocycles. The van der Waals surface area contributed by atoms with Crippen molar-refractivity contribution in [3.63, 3.8) is 0 Å². The first-order valence-corrected chi connectivity index (χ1v) is 10.6. The number of aliphatic carboxylic acids is 1. The average molecular weight is 405 g/mol. The Morgan fingerprint density at radius 3 is 1.82 bits per heavy atom. The van der Waals surface area contributed by atoms with Crippen molar-refractivity contribution in [2.45, 2.75) is 95.9 Å². The summed E-state index contributed by atoms with van der Waals surface area (Å²) in [4.78, 5) is 23.0. The lowest BCUT2D eigenvalue weighted by Crippen LogP contribution is -2.44. The quantitative estimate of drug-likeness (QED) is 0.196. The zero-order chi connectivity index (χ0) is 21.6. The number of carbonyl (C=O) groups excluding carboxylic acids is 1. The topological polar surface area (TPSA) is 104 Å². The summed E-state index contributed by atoms with van der Waals surface area (Å²) in [6, 6.07) is 0. The monoisotopic (exact) mass is 404 g/mol. The van der Waals surface area contributed by atoms with Crippen LogP contribution in [0.5, 0.6) is 0 Å². The highest BCUT2D eigenvalue weighted by atomic mass is 16.5. The number of likely N-dealkylation sites (N-methyl/N-ethyl adjacent to an activating group) is 1. The number of carboxylic acid groups (broad SMARTS) is 1. The molecule has 0 aromatic heterocycles. The van der Waals surface area contributed by atoms with E-state index in [2.05, 4.69) is 0 Å². The van der Waals surface area contributed by atoms with E-state index in [-0.39, 0.29) is 18.9 Å². The van der Waals surface area contributed by atoms with E-state index in [4.69, 9.17) is 9.84 Å². The number of nitrogens with zero attached hydrogens (tertiary/aromatic N) is 1. The number of quaternary nitrogens is 1. The Kier molecular flexibility index (Phi) is 14.1. The number of ether oxygens (including phenoxy) is 1. The van der Waals surface area contributed by atoms with Gasteiger partial charge in [-0.3, -0.25) is 9.59 Å². The molecule has 166 valence electrons. The summed E-state index contributed by atoms with van der Waals surface area (Å²) < 4.78 is 5.79. The van der Waals surface area contributed by atoms with Gasteiger partial charge in [-0.2, -0.15) is 0 Å². The van der Waals surface area contributed by atoms with Crippen molar-refractivity contribution in [2.75, 3.05) is 27.7 Å². The summed E-state index contributed by atoms with van der Waals surface area (Å²) >= 11 is 0. The molecule has 0 aliphatic rings. The Balaban J connectivity index is 3.90. The van der Waals surface area contributed by atoms with Crippen LogP contribution in [0.3, 0.4) is 0 Å². The van der Waals surface area contributed by atoms with Crippen molar-refractivity contribution < 1.29 is 34.1 Å². The maximum Gasteiger partial charge on any atom is 0.308 e. The molecule has 0 amide bonds. The van der Waals surface area contributed by atoms with Crippen molar-refractivity contribution in [1.82, 2.24) is 0 Å². The molecule has 0 fully saturated rings. The minimum Gasteiger partial charge on any atom is -0.481 e. The van der Waals surface area contributed by atoms with Crippen molar-refractivity contribution >= 4 is 11.9 Å². The van der Waals surface area contributed by atoms with E-state index in [0.29, 0.717) is 17.4 Å².